The number of hydrogen-bond acceptors (Lipinski definition) is 6. The fourth-order valence-corrected chi connectivity index (χ4v) is 14.4. The number of anilines is 1. The van der Waals surface area contributed by atoms with E-state index in [1.807, 2.05) is 19.1 Å². The molecule has 6 aliphatic carbocycles. The van der Waals surface area contributed by atoms with Gasteiger partial charge in [-0.2, -0.15) is 0 Å². The van der Waals surface area contributed by atoms with Gasteiger partial charge < -0.3 is 22.9 Å². The molecular formula is C52H73BN5O5. The summed E-state index contributed by atoms with van der Waals surface area (Å²) in [6.45, 7) is 13.0. The molecule has 9 unspecified atom stereocenters. The highest BCUT2D eigenvalue weighted by molar-refractivity contribution is 5.82. The van der Waals surface area contributed by atoms with Crippen LogP contribution in [0.1, 0.15) is 159 Å². The van der Waals surface area contributed by atoms with E-state index in [0.717, 1.165) is 101 Å². The molecule has 0 aromatic heterocycles. The van der Waals surface area contributed by atoms with Crippen LogP contribution in [0.5, 0.6) is 0 Å². The first-order valence-corrected chi connectivity index (χ1v) is 22.8. The molecule has 11 heteroatoms. The summed E-state index contributed by atoms with van der Waals surface area (Å²) in [6.07, 6.45) is 15.0. The predicted molar refractivity (Wildman–Crippen MR) is 254 cm³/mol. The third-order valence-electron chi connectivity index (χ3n) is 17.9. The highest BCUT2D eigenvalue weighted by atomic mass is 16.6. The molecule has 63 heavy (non-hydrogen) atoms. The monoisotopic (exact) mass is 859 g/mol. The number of carbonyl (C=O) groups excluding carboxylic acids is 3. The summed E-state index contributed by atoms with van der Waals surface area (Å²) < 4.78 is 0. The van der Waals surface area contributed by atoms with Crippen LogP contribution in [0.3, 0.4) is 0 Å². The van der Waals surface area contributed by atoms with Crippen molar-refractivity contribution in [1.29, 1.82) is 0 Å². The highest BCUT2D eigenvalue weighted by Crippen LogP contribution is 2.60. The standard InChI is InChI=1S/C17H22N2O3.C17H24N2O.C17H23NO.CH4.B/c1-16-8-3-9-17(2,15(18)20)14(16)7-4-11-10-12(19(21)22)5-6-13(11)16;1-16-8-3-9-17(2,15(19)20)14(16)7-4-11-10-12(18)5-6-13(11)16;1-16-10-5-11-17(2,15(18)19)14(16)9-8-12-6-3-4-7-13(12)16;;/h5-6,10,14H,3-4,7-9H2,1-2H3,(H2,18,20);5-6,10,14H,3-4,7-9,18H2,1-2H3,(H2,19,20);3-4,6-7,14H,5,8-11H2,1-2H3,(H2,18,19);1H4;. The van der Waals surface area contributed by atoms with Crippen molar-refractivity contribution in [3.8, 4) is 0 Å². The Balaban J connectivity index is 0.000000176. The quantitative estimate of drug-likeness (QED) is 0.0872. The van der Waals surface area contributed by atoms with Gasteiger partial charge in [0.1, 0.15) is 0 Å². The van der Waals surface area contributed by atoms with Crippen LogP contribution in [0.2, 0.25) is 0 Å². The Morgan fingerprint density at radius 2 is 0.921 bits per heavy atom. The summed E-state index contributed by atoms with van der Waals surface area (Å²) in [5, 5.41) is 11.0. The average molecular weight is 859 g/mol. The van der Waals surface area contributed by atoms with Gasteiger partial charge in [0, 0.05) is 42.5 Å². The molecule has 3 fully saturated rings. The smallest absolute Gasteiger partial charge is 0.269 e. The molecule has 0 bridgehead atoms. The first-order valence-electron chi connectivity index (χ1n) is 22.8. The molecule has 3 aromatic carbocycles. The number of nitrogens with two attached hydrogens (primary N) is 4. The zero-order valence-electron chi connectivity index (χ0n) is 38.0. The summed E-state index contributed by atoms with van der Waals surface area (Å²) in [5.74, 6) is 0.489. The second-order valence-corrected chi connectivity index (χ2v) is 21.1. The summed E-state index contributed by atoms with van der Waals surface area (Å²) in [7, 11) is 0. The second kappa shape index (κ2) is 17.7. The van der Waals surface area contributed by atoms with Crippen LogP contribution in [0, 0.1) is 44.1 Å². The van der Waals surface area contributed by atoms with Gasteiger partial charge in [0.05, 0.1) is 4.92 Å². The molecule has 3 saturated carbocycles. The second-order valence-electron chi connectivity index (χ2n) is 21.1. The Labute approximate surface area is 378 Å². The molecule has 0 aliphatic heterocycles. The number of nitro benzene ring substituents is 1. The lowest BCUT2D eigenvalue weighted by Crippen LogP contribution is -2.54. The zero-order chi connectivity index (χ0) is 44.3. The normalized spacial score (nSPS) is 34.4. The number of amides is 3. The van der Waals surface area contributed by atoms with E-state index in [1.54, 1.807) is 12.1 Å². The highest BCUT2D eigenvalue weighted by Gasteiger charge is 2.57. The van der Waals surface area contributed by atoms with Crippen LogP contribution in [-0.4, -0.2) is 31.1 Å². The zero-order valence-corrected chi connectivity index (χ0v) is 38.0. The molecule has 9 rings (SSSR count). The van der Waals surface area contributed by atoms with Crippen molar-refractivity contribution >= 4 is 37.5 Å². The first-order chi connectivity index (χ1) is 28.6. The molecule has 3 amide bonds. The van der Waals surface area contributed by atoms with Crippen molar-refractivity contribution in [2.75, 3.05) is 5.73 Å². The molecule has 0 spiro atoms. The van der Waals surface area contributed by atoms with E-state index < -0.39 is 5.41 Å². The Kier molecular flexibility index (Phi) is 13.9. The Morgan fingerprint density at radius 3 is 1.33 bits per heavy atom. The number of nitrogens with zero attached hydrogens (tertiary/aromatic N) is 1. The number of benzene rings is 3. The summed E-state index contributed by atoms with van der Waals surface area (Å²) in [5.41, 5.74) is 30.9. The van der Waals surface area contributed by atoms with Crippen molar-refractivity contribution in [1.82, 2.24) is 0 Å². The molecule has 8 N–H and O–H groups in total. The number of fused-ring (bicyclic) bond motifs is 9. The maximum atomic E-state index is 12.1. The summed E-state index contributed by atoms with van der Waals surface area (Å²) in [6, 6.07) is 20.2. The maximum Gasteiger partial charge on any atom is 0.269 e. The van der Waals surface area contributed by atoms with Gasteiger partial charge in [-0.3, -0.25) is 24.5 Å². The van der Waals surface area contributed by atoms with Crippen LogP contribution in [0.4, 0.5) is 11.4 Å². The van der Waals surface area contributed by atoms with Crippen molar-refractivity contribution in [3.05, 3.63) is 104 Å². The topological polar surface area (TPSA) is 198 Å². The van der Waals surface area contributed by atoms with Crippen LogP contribution < -0.4 is 22.9 Å². The van der Waals surface area contributed by atoms with Gasteiger partial charge in [0.2, 0.25) is 17.7 Å². The third kappa shape index (κ3) is 8.09. The summed E-state index contributed by atoms with van der Waals surface area (Å²) >= 11 is 0. The van der Waals surface area contributed by atoms with E-state index in [4.69, 9.17) is 22.9 Å². The van der Waals surface area contributed by atoms with E-state index in [0.29, 0.717) is 11.8 Å². The number of nitro groups is 1. The lowest BCUT2D eigenvalue weighted by molar-refractivity contribution is -0.385. The average Bonchev–Trinajstić information content (AvgIpc) is 3.20. The van der Waals surface area contributed by atoms with Crippen LogP contribution in [-0.2, 0) is 49.9 Å². The number of hydrogen-bond donors (Lipinski definition) is 4. The van der Waals surface area contributed by atoms with Crippen molar-refractivity contribution in [2.24, 2.45) is 51.2 Å². The minimum absolute atomic E-state index is 0. The van der Waals surface area contributed by atoms with Gasteiger partial charge in [-0.1, -0.05) is 105 Å². The van der Waals surface area contributed by atoms with Gasteiger partial charge in [0.25, 0.3) is 5.69 Å². The summed E-state index contributed by atoms with van der Waals surface area (Å²) in [4.78, 5) is 46.8. The van der Waals surface area contributed by atoms with E-state index in [9.17, 15) is 24.5 Å². The Bertz CT molecular complexity index is 2250. The molecule has 0 saturated heterocycles. The maximum absolute atomic E-state index is 12.1. The van der Waals surface area contributed by atoms with Crippen LogP contribution >= 0.6 is 0 Å². The molecular weight excluding hydrogens is 785 g/mol. The number of carbonyl (C=O) groups is 3. The minimum Gasteiger partial charge on any atom is -0.399 e. The van der Waals surface area contributed by atoms with Crippen molar-refractivity contribution in [3.63, 3.8) is 0 Å². The van der Waals surface area contributed by atoms with Gasteiger partial charge in [0.15, 0.2) is 0 Å². The largest absolute Gasteiger partial charge is 0.399 e. The van der Waals surface area contributed by atoms with Crippen molar-refractivity contribution < 1.29 is 19.3 Å². The number of nitrogen functional groups attached to an aromatic ring is 1. The number of non-ortho nitro benzene ring substituents is 1. The molecule has 3 radical (unpaired) electrons. The van der Waals surface area contributed by atoms with Crippen LogP contribution in [0.15, 0.2) is 60.7 Å². The van der Waals surface area contributed by atoms with Gasteiger partial charge in [-0.25, -0.2) is 0 Å². The fraction of sp³-hybridized carbons (Fsp3) is 0.596. The molecule has 0 heterocycles. The molecule has 3 aromatic rings. The fourth-order valence-electron chi connectivity index (χ4n) is 14.4. The number of rotatable bonds is 4. The van der Waals surface area contributed by atoms with E-state index in [1.165, 1.54) is 34.2 Å². The van der Waals surface area contributed by atoms with E-state index in [-0.39, 0.29) is 77.2 Å². The van der Waals surface area contributed by atoms with E-state index in [2.05, 4.69) is 71.0 Å². The SMILES string of the molecule is C.CC1(C(N)=O)CCCC2(C)c3ccc(N)cc3CCC12.CC1(C(N)=O)CCCC2(C)c3ccc([N+](=O)[O-])cc3CCC12.CC1(C(N)=O)CCCC2(C)c3ccccc3CCC12.[B]. The van der Waals surface area contributed by atoms with Crippen LogP contribution in [0.25, 0.3) is 0 Å². The minimum atomic E-state index is -0.480. The molecule has 9 atom stereocenters. The first kappa shape index (κ1) is 49.4. The van der Waals surface area contributed by atoms with Crippen molar-refractivity contribution in [2.45, 2.75) is 162 Å². The van der Waals surface area contributed by atoms with Gasteiger partial charge in [-0.15, -0.1) is 0 Å². The third-order valence-corrected chi connectivity index (χ3v) is 17.9. The molecule has 339 valence electrons. The lowest BCUT2D eigenvalue weighted by Gasteiger charge is -2.54. The number of aryl methyl sites for hydroxylation is 3. The Morgan fingerprint density at radius 1 is 0.556 bits per heavy atom. The molecule has 6 aliphatic rings. The number of primary amides is 3. The Hall–Kier alpha value is -4.67. The molecule has 10 nitrogen and oxygen atoms in total. The predicted octanol–water partition coefficient (Wildman–Crippen LogP) is 9.29. The van der Waals surface area contributed by atoms with Gasteiger partial charge >= 0.3 is 0 Å². The van der Waals surface area contributed by atoms with E-state index >= 15 is 0 Å². The van der Waals surface area contributed by atoms with Gasteiger partial charge in [-0.05, 0) is 157 Å². The lowest BCUT2D eigenvalue weighted by atomic mass is 9.49.